The minimum absolute atomic E-state index is 0.146. The van der Waals surface area contributed by atoms with Gasteiger partial charge in [0.25, 0.3) is 5.91 Å². The Morgan fingerprint density at radius 2 is 2.09 bits per heavy atom. The van der Waals surface area contributed by atoms with E-state index < -0.39 is 0 Å². The van der Waals surface area contributed by atoms with E-state index in [1.807, 2.05) is 25.1 Å². The molecule has 1 heterocycles. The SMILES string of the molecule is CCC(CC)N(C(=O)c1ccc(-n2cnnn2)c(C)c1)C1CC1. The third kappa shape index (κ3) is 3.11. The number of aryl methyl sites for hydroxylation is 1. The number of nitrogens with zero attached hydrogens (tertiary/aromatic N) is 5. The second-order valence-corrected chi connectivity index (χ2v) is 6.17. The van der Waals surface area contributed by atoms with Crippen LogP contribution in [-0.2, 0) is 0 Å². The highest BCUT2D eigenvalue weighted by molar-refractivity contribution is 5.95. The number of aromatic nitrogens is 4. The van der Waals surface area contributed by atoms with Crippen LogP contribution < -0.4 is 0 Å². The summed E-state index contributed by atoms with van der Waals surface area (Å²) in [5.41, 5.74) is 2.63. The van der Waals surface area contributed by atoms with Crippen molar-refractivity contribution >= 4 is 5.91 Å². The first kappa shape index (κ1) is 15.6. The van der Waals surface area contributed by atoms with Crippen molar-refractivity contribution in [3.63, 3.8) is 0 Å². The Kier molecular flexibility index (Phi) is 4.41. The lowest BCUT2D eigenvalue weighted by Gasteiger charge is -2.31. The van der Waals surface area contributed by atoms with Crippen molar-refractivity contribution < 1.29 is 4.79 Å². The van der Waals surface area contributed by atoms with Crippen molar-refractivity contribution in [2.45, 2.75) is 58.5 Å². The Morgan fingerprint density at radius 3 is 2.61 bits per heavy atom. The maximum Gasteiger partial charge on any atom is 0.254 e. The average Bonchev–Trinajstić information content (AvgIpc) is 3.25. The molecule has 2 aromatic rings. The van der Waals surface area contributed by atoms with Crippen LogP contribution in [0.25, 0.3) is 5.69 Å². The number of hydrogen-bond acceptors (Lipinski definition) is 4. The third-order valence-electron chi connectivity index (χ3n) is 4.55. The van der Waals surface area contributed by atoms with E-state index >= 15 is 0 Å². The minimum atomic E-state index is 0.146. The Bertz CT molecular complexity index is 674. The standard InChI is InChI=1S/C17H23N5O/c1-4-14(5-2)22(15-7-8-15)17(23)13-6-9-16(12(3)10-13)21-11-18-19-20-21/h6,9-11,14-15H,4-5,7-8H2,1-3H3. The van der Waals surface area contributed by atoms with Crippen LogP contribution in [0.15, 0.2) is 24.5 Å². The zero-order valence-corrected chi connectivity index (χ0v) is 13.9. The number of carbonyl (C=O) groups is 1. The van der Waals surface area contributed by atoms with Gasteiger partial charge in [-0.05, 0) is 66.8 Å². The lowest BCUT2D eigenvalue weighted by Crippen LogP contribution is -2.41. The fourth-order valence-corrected chi connectivity index (χ4v) is 3.13. The summed E-state index contributed by atoms with van der Waals surface area (Å²) in [6.07, 6.45) is 5.82. The fourth-order valence-electron chi connectivity index (χ4n) is 3.13. The Balaban J connectivity index is 1.88. The molecular formula is C17H23N5O. The summed E-state index contributed by atoms with van der Waals surface area (Å²) < 4.78 is 1.61. The van der Waals surface area contributed by atoms with Gasteiger partial charge in [0.05, 0.1) is 5.69 Å². The van der Waals surface area contributed by atoms with E-state index in [4.69, 9.17) is 0 Å². The van der Waals surface area contributed by atoms with Gasteiger partial charge in [-0.1, -0.05) is 13.8 Å². The van der Waals surface area contributed by atoms with Crippen LogP contribution in [0.2, 0.25) is 0 Å². The van der Waals surface area contributed by atoms with Crippen LogP contribution in [0.5, 0.6) is 0 Å². The molecule has 0 saturated heterocycles. The molecule has 23 heavy (non-hydrogen) atoms. The first-order valence-electron chi connectivity index (χ1n) is 8.32. The monoisotopic (exact) mass is 313 g/mol. The molecule has 1 aromatic carbocycles. The van der Waals surface area contributed by atoms with Gasteiger partial charge in [0.1, 0.15) is 6.33 Å². The van der Waals surface area contributed by atoms with E-state index in [-0.39, 0.29) is 5.91 Å². The molecule has 0 spiro atoms. The predicted molar refractivity (Wildman–Crippen MR) is 87.5 cm³/mol. The summed E-state index contributed by atoms with van der Waals surface area (Å²) in [6, 6.07) is 6.49. The van der Waals surface area contributed by atoms with Crippen molar-refractivity contribution in [2.24, 2.45) is 0 Å². The smallest absolute Gasteiger partial charge is 0.254 e. The van der Waals surface area contributed by atoms with Crippen molar-refractivity contribution in [3.8, 4) is 5.69 Å². The van der Waals surface area contributed by atoms with Gasteiger partial charge >= 0.3 is 0 Å². The average molecular weight is 313 g/mol. The largest absolute Gasteiger partial charge is 0.333 e. The number of carbonyl (C=O) groups excluding carboxylic acids is 1. The lowest BCUT2D eigenvalue weighted by molar-refractivity contribution is 0.0649. The molecule has 0 unspecified atom stereocenters. The van der Waals surface area contributed by atoms with E-state index in [0.717, 1.165) is 42.5 Å². The van der Waals surface area contributed by atoms with Crippen molar-refractivity contribution in [3.05, 3.63) is 35.7 Å². The van der Waals surface area contributed by atoms with Gasteiger partial charge in [-0.25, -0.2) is 4.68 Å². The quantitative estimate of drug-likeness (QED) is 0.822. The van der Waals surface area contributed by atoms with Gasteiger partial charge < -0.3 is 4.90 Å². The molecule has 0 radical (unpaired) electrons. The number of rotatable bonds is 6. The summed E-state index contributed by atoms with van der Waals surface area (Å²) >= 11 is 0. The summed E-state index contributed by atoms with van der Waals surface area (Å²) in [7, 11) is 0. The summed E-state index contributed by atoms with van der Waals surface area (Å²) in [5, 5.41) is 11.2. The third-order valence-corrected chi connectivity index (χ3v) is 4.55. The molecule has 1 saturated carbocycles. The molecular weight excluding hydrogens is 290 g/mol. The zero-order valence-electron chi connectivity index (χ0n) is 13.9. The van der Waals surface area contributed by atoms with Gasteiger partial charge in [-0.15, -0.1) is 5.10 Å². The lowest BCUT2D eigenvalue weighted by atomic mass is 10.1. The normalized spacial score (nSPS) is 14.3. The molecule has 3 rings (SSSR count). The van der Waals surface area contributed by atoms with Crippen LogP contribution >= 0.6 is 0 Å². The molecule has 0 aliphatic heterocycles. The molecule has 0 N–H and O–H groups in total. The van der Waals surface area contributed by atoms with Gasteiger partial charge in [-0.2, -0.15) is 0 Å². The molecule has 1 amide bonds. The van der Waals surface area contributed by atoms with E-state index in [9.17, 15) is 4.79 Å². The number of hydrogen-bond donors (Lipinski definition) is 0. The highest BCUT2D eigenvalue weighted by Gasteiger charge is 2.36. The summed E-state index contributed by atoms with van der Waals surface area (Å²) in [5.74, 6) is 0.146. The maximum atomic E-state index is 13.0. The molecule has 1 aliphatic rings. The highest BCUT2D eigenvalue weighted by atomic mass is 16.2. The van der Waals surface area contributed by atoms with E-state index in [1.165, 1.54) is 0 Å². The van der Waals surface area contributed by atoms with Crippen LogP contribution in [-0.4, -0.2) is 43.1 Å². The van der Waals surface area contributed by atoms with Crippen LogP contribution in [0.1, 0.15) is 55.5 Å². The first-order chi connectivity index (χ1) is 11.2. The molecule has 122 valence electrons. The van der Waals surface area contributed by atoms with E-state index in [1.54, 1.807) is 11.0 Å². The van der Waals surface area contributed by atoms with Crippen molar-refractivity contribution in [1.29, 1.82) is 0 Å². The minimum Gasteiger partial charge on any atom is -0.333 e. The first-order valence-corrected chi connectivity index (χ1v) is 8.32. The molecule has 1 aliphatic carbocycles. The Morgan fingerprint density at radius 1 is 1.35 bits per heavy atom. The molecule has 1 fully saturated rings. The molecule has 0 atom stereocenters. The van der Waals surface area contributed by atoms with Crippen LogP contribution in [0, 0.1) is 6.92 Å². The van der Waals surface area contributed by atoms with Crippen molar-refractivity contribution in [2.75, 3.05) is 0 Å². The van der Waals surface area contributed by atoms with E-state index in [0.29, 0.717) is 12.1 Å². The predicted octanol–water partition coefficient (Wildman–Crippen LogP) is 2.76. The highest BCUT2D eigenvalue weighted by Crippen LogP contribution is 2.32. The second kappa shape index (κ2) is 6.48. The molecule has 6 heteroatoms. The van der Waals surface area contributed by atoms with Crippen LogP contribution in [0.4, 0.5) is 0 Å². The van der Waals surface area contributed by atoms with Gasteiger partial charge in [0, 0.05) is 17.6 Å². The number of benzene rings is 1. The molecule has 0 bridgehead atoms. The summed E-state index contributed by atoms with van der Waals surface area (Å²) in [6.45, 7) is 6.29. The maximum absolute atomic E-state index is 13.0. The second-order valence-electron chi connectivity index (χ2n) is 6.17. The fraction of sp³-hybridized carbons (Fsp3) is 0.529. The number of amides is 1. The summed E-state index contributed by atoms with van der Waals surface area (Å²) in [4.78, 5) is 15.1. The Labute approximate surface area is 136 Å². The Hall–Kier alpha value is -2.24. The number of tetrazole rings is 1. The van der Waals surface area contributed by atoms with Crippen LogP contribution in [0.3, 0.4) is 0 Å². The van der Waals surface area contributed by atoms with Gasteiger partial charge in [0.15, 0.2) is 0 Å². The van der Waals surface area contributed by atoms with Gasteiger partial charge in [0.2, 0.25) is 0 Å². The van der Waals surface area contributed by atoms with Crippen molar-refractivity contribution in [1.82, 2.24) is 25.1 Å². The zero-order chi connectivity index (χ0) is 16.4. The molecule has 1 aromatic heterocycles. The van der Waals surface area contributed by atoms with Gasteiger partial charge in [-0.3, -0.25) is 4.79 Å². The molecule has 6 nitrogen and oxygen atoms in total. The van der Waals surface area contributed by atoms with E-state index in [2.05, 4.69) is 34.3 Å². The topological polar surface area (TPSA) is 63.9 Å².